The van der Waals surface area contributed by atoms with Crippen LogP contribution in [0.15, 0.2) is 23.3 Å². The molecule has 0 aromatic rings. The molecule has 0 spiro atoms. The molecule has 0 saturated heterocycles. The van der Waals surface area contributed by atoms with E-state index in [9.17, 15) is 25.2 Å². The maximum absolute atomic E-state index is 12.6. The van der Waals surface area contributed by atoms with Gasteiger partial charge in [0, 0.05) is 6.42 Å². The van der Waals surface area contributed by atoms with Gasteiger partial charge in [-0.25, -0.2) is 0 Å². The Labute approximate surface area is 226 Å². The van der Waals surface area contributed by atoms with E-state index in [1.165, 1.54) is 12.0 Å². The third-order valence-electron chi connectivity index (χ3n) is 8.82. The number of aliphatic hydroxyl groups excluding tert-OH is 2. The lowest BCUT2D eigenvalue weighted by Gasteiger charge is -2.46. The highest BCUT2D eigenvalue weighted by molar-refractivity contribution is 5.86. The largest absolute Gasteiger partial charge is 0.393 e. The average Bonchev–Trinajstić information content (AvgIpc) is 2.76. The summed E-state index contributed by atoms with van der Waals surface area (Å²) in [5.41, 5.74) is 0.731. The fourth-order valence-corrected chi connectivity index (χ4v) is 6.84. The van der Waals surface area contributed by atoms with Crippen molar-refractivity contribution in [2.45, 2.75) is 155 Å². The molecule has 5 heteroatoms. The quantitative estimate of drug-likeness (QED) is 0.225. The van der Waals surface area contributed by atoms with Crippen molar-refractivity contribution in [3.8, 4) is 0 Å². The van der Waals surface area contributed by atoms with Gasteiger partial charge in [0.2, 0.25) is 0 Å². The lowest BCUT2D eigenvalue weighted by atomic mass is 9.59. The highest BCUT2D eigenvalue weighted by Crippen LogP contribution is 2.51. The fraction of sp³-hybridized carbons (Fsp3) is 0.844. The molecule has 0 aliphatic heterocycles. The first-order chi connectivity index (χ1) is 17.1. The Morgan fingerprint density at radius 2 is 1.65 bits per heavy atom. The summed E-state index contributed by atoms with van der Waals surface area (Å²) in [6.45, 7) is 11.6. The van der Waals surface area contributed by atoms with Gasteiger partial charge in [-0.1, -0.05) is 56.4 Å². The third-order valence-corrected chi connectivity index (χ3v) is 8.82. The number of ketones is 1. The van der Waals surface area contributed by atoms with E-state index in [-0.39, 0.29) is 11.2 Å². The van der Waals surface area contributed by atoms with Crippen LogP contribution in [-0.2, 0) is 4.79 Å². The minimum absolute atomic E-state index is 0.0897. The molecule has 0 amide bonds. The maximum atomic E-state index is 12.6. The summed E-state index contributed by atoms with van der Waals surface area (Å²) < 4.78 is 0. The first-order valence-electron chi connectivity index (χ1n) is 14.8. The minimum Gasteiger partial charge on any atom is -0.393 e. The predicted octanol–water partition coefficient (Wildman–Crippen LogP) is 6.42. The molecule has 4 N–H and O–H groups in total. The van der Waals surface area contributed by atoms with Crippen LogP contribution in [0.3, 0.4) is 0 Å². The fourth-order valence-electron chi connectivity index (χ4n) is 6.84. The van der Waals surface area contributed by atoms with Crippen LogP contribution in [0.4, 0.5) is 0 Å². The minimum atomic E-state index is -1.30. The molecule has 5 nitrogen and oxygen atoms in total. The molecule has 0 aromatic carbocycles. The molecule has 0 bridgehead atoms. The van der Waals surface area contributed by atoms with E-state index >= 15 is 0 Å². The SMILES string of the molecule is CCCC([C@@H](CCCC(C)(C)O)CCC(=O)C(C)(C)O)[C@@]1(C)CCC/C(=C\C=C2C[C@@H](O)C[C@H](O)C2)C1. The first kappa shape index (κ1) is 32.2. The second-order valence-electron chi connectivity index (χ2n) is 13.7. The van der Waals surface area contributed by atoms with Gasteiger partial charge in [-0.15, -0.1) is 0 Å². The van der Waals surface area contributed by atoms with Crippen LogP contribution < -0.4 is 0 Å². The summed E-state index contributed by atoms with van der Waals surface area (Å²) in [5, 5.41) is 40.6. The number of carbonyl (C=O) groups excluding carboxylic acids is 1. The van der Waals surface area contributed by atoms with E-state index in [2.05, 4.69) is 26.0 Å². The van der Waals surface area contributed by atoms with Crippen LogP contribution in [0.5, 0.6) is 0 Å². The number of Topliss-reactive ketones (excluding diaryl/α,β-unsaturated/α-hetero) is 1. The van der Waals surface area contributed by atoms with E-state index in [1.54, 1.807) is 13.8 Å². The van der Waals surface area contributed by atoms with Gasteiger partial charge in [-0.05, 0) is 109 Å². The number of aliphatic hydroxyl groups is 4. The summed E-state index contributed by atoms with van der Waals surface area (Å²) in [7, 11) is 0. The number of hydrogen-bond donors (Lipinski definition) is 4. The van der Waals surface area contributed by atoms with Gasteiger partial charge in [0.15, 0.2) is 5.78 Å². The van der Waals surface area contributed by atoms with Gasteiger partial charge in [0.25, 0.3) is 0 Å². The Hall–Kier alpha value is -1.01. The van der Waals surface area contributed by atoms with Crippen LogP contribution in [0.25, 0.3) is 0 Å². The van der Waals surface area contributed by atoms with Crippen molar-refractivity contribution in [2.75, 3.05) is 0 Å². The summed E-state index contributed by atoms with van der Waals surface area (Å²) in [4.78, 5) is 12.6. The van der Waals surface area contributed by atoms with Crippen LogP contribution in [0, 0.1) is 17.3 Å². The summed E-state index contributed by atoms with van der Waals surface area (Å²) in [5.74, 6) is 0.761. The summed E-state index contributed by atoms with van der Waals surface area (Å²) in [6, 6.07) is 0. The molecule has 2 aliphatic rings. The van der Waals surface area contributed by atoms with Gasteiger partial charge in [-0.3, -0.25) is 4.79 Å². The molecule has 0 radical (unpaired) electrons. The molecule has 2 saturated carbocycles. The topological polar surface area (TPSA) is 98.0 Å². The molecule has 2 rings (SSSR count). The zero-order valence-electron chi connectivity index (χ0n) is 24.6. The zero-order valence-corrected chi connectivity index (χ0v) is 24.6. The first-order valence-corrected chi connectivity index (χ1v) is 14.8. The van der Waals surface area contributed by atoms with Crippen molar-refractivity contribution in [1.82, 2.24) is 0 Å². The second kappa shape index (κ2) is 13.9. The Bertz CT molecular complexity index is 772. The van der Waals surface area contributed by atoms with Gasteiger partial charge < -0.3 is 20.4 Å². The molecule has 37 heavy (non-hydrogen) atoms. The van der Waals surface area contributed by atoms with Crippen LogP contribution in [0.1, 0.15) is 131 Å². The van der Waals surface area contributed by atoms with Crippen LogP contribution >= 0.6 is 0 Å². The molecule has 1 unspecified atom stereocenters. The van der Waals surface area contributed by atoms with Crippen molar-refractivity contribution in [3.63, 3.8) is 0 Å². The molecule has 0 heterocycles. The monoisotopic (exact) mass is 520 g/mol. The Morgan fingerprint density at radius 1 is 1.03 bits per heavy atom. The van der Waals surface area contributed by atoms with Crippen molar-refractivity contribution >= 4 is 5.78 Å². The second-order valence-corrected chi connectivity index (χ2v) is 13.7. The molecule has 0 aromatic heterocycles. The number of carbonyl (C=O) groups is 1. The number of hydrogen-bond acceptors (Lipinski definition) is 5. The lowest BCUT2D eigenvalue weighted by Crippen LogP contribution is -2.37. The lowest BCUT2D eigenvalue weighted by molar-refractivity contribution is -0.134. The molecule has 2 fully saturated rings. The Kier molecular flexibility index (Phi) is 12.1. The van der Waals surface area contributed by atoms with E-state index < -0.39 is 23.4 Å². The highest BCUT2D eigenvalue weighted by atomic mass is 16.3. The van der Waals surface area contributed by atoms with E-state index in [1.807, 2.05) is 13.8 Å². The summed E-state index contributed by atoms with van der Waals surface area (Å²) in [6.07, 6.45) is 15.8. The van der Waals surface area contributed by atoms with E-state index in [0.717, 1.165) is 63.4 Å². The molecule has 5 atom stereocenters. The van der Waals surface area contributed by atoms with Gasteiger partial charge >= 0.3 is 0 Å². The standard InChI is InChI=1S/C32H56O5/c1-7-10-28(25(12-9-17-30(2,3)36)15-16-29(35)31(4,5)37)32(6)18-8-11-23(22-32)13-14-24-19-26(33)21-27(34)20-24/h13-14,25-28,33-34,36-37H,7-12,15-22H2,1-6H3/b23-13+/t25-,26+,27+,28?,32-/m0/s1. The summed E-state index contributed by atoms with van der Waals surface area (Å²) >= 11 is 0. The number of rotatable bonds is 13. The third kappa shape index (κ3) is 10.9. The van der Waals surface area contributed by atoms with Crippen molar-refractivity contribution in [2.24, 2.45) is 17.3 Å². The smallest absolute Gasteiger partial charge is 0.163 e. The van der Waals surface area contributed by atoms with Gasteiger partial charge in [-0.2, -0.15) is 0 Å². The van der Waals surface area contributed by atoms with E-state index in [0.29, 0.717) is 37.5 Å². The molecule has 2 aliphatic carbocycles. The van der Waals surface area contributed by atoms with Crippen LogP contribution in [-0.4, -0.2) is 49.6 Å². The zero-order chi connectivity index (χ0) is 27.9. The molecular weight excluding hydrogens is 464 g/mol. The average molecular weight is 521 g/mol. The van der Waals surface area contributed by atoms with Crippen molar-refractivity contribution < 1.29 is 25.2 Å². The molecular formula is C32H56O5. The number of allylic oxidation sites excluding steroid dienone is 3. The highest BCUT2D eigenvalue weighted by Gasteiger charge is 2.40. The van der Waals surface area contributed by atoms with Gasteiger partial charge in [0.1, 0.15) is 5.60 Å². The maximum Gasteiger partial charge on any atom is 0.163 e. The Balaban J connectivity index is 2.23. The Morgan fingerprint density at radius 3 is 2.22 bits per heavy atom. The van der Waals surface area contributed by atoms with E-state index in [4.69, 9.17) is 0 Å². The van der Waals surface area contributed by atoms with Crippen LogP contribution in [0.2, 0.25) is 0 Å². The van der Waals surface area contributed by atoms with Gasteiger partial charge in [0.05, 0.1) is 17.8 Å². The van der Waals surface area contributed by atoms with Crippen molar-refractivity contribution in [3.05, 3.63) is 23.3 Å². The normalized spacial score (nSPS) is 28.3. The predicted molar refractivity (Wildman–Crippen MR) is 151 cm³/mol. The van der Waals surface area contributed by atoms with Crippen molar-refractivity contribution in [1.29, 1.82) is 0 Å². The molecule has 214 valence electrons.